The number of rotatable bonds is 2. The predicted octanol–water partition coefficient (Wildman–Crippen LogP) is 3.42. The SMILES string of the molecule is Cc1ccsc1C(O)C1(C#N)CC2CCC1C2. The first-order valence-electron chi connectivity index (χ1n) is 6.30. The molecule has 0 spiro atoms. The molecular formula is C14H17NOS. The Morgan fingerprint density at radius 3 is 2.88 bits per heavy atom. The lowest BCUT2D eigenvalue weighted by molar-refractivity contribution is 0.0255. The Morgan fingerprint density at radius 1 is 1.59 bits per heavy atom. The Hall–Kier alpha value is -0.850. The van der Waals surface area contributed by atoms with E-state index in [4.69, 9.17) is 0 Å². The second-order valence-corrected chi connectivity index (χ2v) is 6.55. The molecule has 2 aliphatic carbocycles. The van der Waals surface area contributed by atoms with Crippen LogP contribution in [-0.4, -0.2) is 5.11 Å². The van der Waals surface area contributed by atoms with Crippen LogP contribution in [0.25, 0.3) is 0 Å². The summed E-state index contributed by atoms with van der Waals surface area (Å²) in [6.45, 7) is 2.02. The van der Waals surface area contributed by atoms with Crippen LogP contribution in [0.5, 0.6) is 0 Å². The van der Waals surface area contributed by atoms with Crippen molar-refractivity contribution < 1.29 is 5.11 Å². The van der Waals surface area contributed by atoms with Gasteiger partial charge >= 0.3 is 0 Å². The zero-order valence-corrected chi connectivity index (χ0v) is 10.8. The third-order valence-electron chi connectivity index (χ3n) is 4.74. The molecule has 2 bridgehead atoms. The van der Waals surface area contributed by atoms with Crippen molar-refractivity contribution in [1.82, 2.24) is 0 Å². The van der Waals surface area contributed by atoms with E-state index in [2.05, 4.69) is 6.07 Å². The molecule has 2 aliphatic rings. The number of thiophene rings is 1. The third-order valence-corrected chi connectivity index (χ3v) is 5.81. The van der Waals surface area contributed by atoms with Gasteiger partial charge in [0.25, 0.3) is 0 Å². The lowest BCUT2D eigenvalue weighted by atomic mass is 9.69. The summed E-state index contributed by atoms with van der Waals surface area (Å²) in [5.74, 6) is 1.09. The molecule has 2 fully saturated rings. The van der Waals surface area contributed by atoms with E-state index in [1.165, 1.54) is 6.42 Å². The smallest absolute Gasteiger partial charge is 0.107 e. The van der Waals surface area contributed by atoms with Crippen LogP contribution in [0.4, 0.5) is 0 Å². The number of fused-ring (bicyclic) bond motifs is 2. The van der Waals surface area contributed by atoms with E-state index in [9.17, 15) is 10.4 Å². The van der Waals surface area contributed by atoms with Crippen molar-refractivity contribution >= 4 is 11.3 Å². The van der Waals surface area contributed by atoms with Gasteiger partial charge in [-0.3, -0.25) is 0 Å². The average molecular weight is 247 g/mol. The molecule has 3 heteroatoms. The van der Waals surface area contributed by atoms with Crippen molar-refractivity contribution in [2.24, 2.45) is 17.3 Å². The Morgan fingerprint density at radius 2 is 2.41 bits per heavy atom. The van der Waals surface area contributed by atoms with Crippen LogP contribution in [0.2, 0.25) is 0 Å². The maximum atomic E-state index is 10.7. The zero-order valence-electron chi connectivity index (χ0n) is 10.0. The van der Waals surface area contributed by atoms with Gasteiger partial charge in [-0.05, 0) is 55.0 Å². The molecule has 4 atom stereocenters. The van der Waals surface area contributed by atoms with Gasteiger partial charge < -0.3 is 5.11 Å². The van der Waals surface area contributed by atoms with Gasteiger partial charge in [0.05, 0.1) is 11.5 Å². The number of hydrogen-bond acceptors (Lipinski definition) is 3. The quantitative estimate of drug-likeness (QED) is 0.870. The molecule has 1 aromatic heterocycles. The van der Waals surface area contributed by atoms with Crippen LogP contribution in [0.1, 0.15) is 42.2 Å². The molecule has 0 aromatic carbocycles. The van der Waals surface area contributed by atoms with Gasteiger partial charge in [0.2, 0.25) is 0 Å². The summed E-state index contributed by atoms with van der Waals surface area (Å²) in [5.41, 5.74) is 0.623. The molecule has 0 radical (unpaired) electrons. The Labute approximate surface area is 106 Å². The van der Waals surface area contributed by atoms with Crippen LogP contribution in [0.3, 0.4) is 0 Å². The highest BCUT2D eigenvalue weighted by Crippen LogP contribution is 2.61. The summed E-state index contributed by atoms with van der Waals surface area (Å²) in [6.07, 6.45) is 3.84. The zero-order chi connectivity index (χ0) is 12.0. The molecular weight excluding hydrogens is 230 g/mol. The van der Waals surface area contributed by atoms with Gasteiger partial charge in [-0.25, -0.2) is 0 Å². The molecule has 0 amide bonds. The van der Waals surface area contributed by atoms with E-state index >= 15 is 0 Å². The third kappa shape index (κ3) is 1.47. The second kappa shape index (κ2) is 3.83. The van der Waals surface area contributed by atoms with E-state index in [0.717, 1.165) is 29.7 Å². The normalized spacial score (nSPS) is 37.0. The molecule has 4 unspecified atom stereocenters. The van der Waals surface area contributed by atoms with Crippen molar-refractivity contribution in [3.05, 3.63) is 21.9 Å². The summed E-state index contributed by atoms with van der Waals surface area (Å²) in [7, 11) is 0. The first-order chi connectivity index (χ1) is 8.17. The maximum Gasteiger partial charge on any atom is 0.107 e. The molecule has 3 rings (SSSR count). The van der Waals surface area contributed by atoms with Gasteiger partial charge in [-0.1, -0.05) is 6.42 Å². The van der Waals surface area contributed by atoms with Crippen molar-refractivity contribution in [1.29, 1.82) is 5.26 Å². The minimum Gasteiger partial charge on any atom is -0.386 e. The van der Waals surface area contributed by atoms with Gasteiger partial charge in [-0.15, -0.1) is 11.3 Å². The van der Waals surface area contributed by atoms with E-state index in [-0.39, 0.29) is 0 Å². The van der Waals surface area contributed by atoms with E-state index in [1.54, 1.807) is 11.3 Å². The minimum atomic E-state index is -0.581. The van der Waals surface area contributed by atoms with Crippen molar-refractivity contribution in [3.8, 4) is 6.07 Å². The first-order valence-corrected chi connectivity index (χ1v) is 7.18. The maximum absolute atomic E-state index is 10.7. The average Bonchev–Trinajstić information content (AvgIpc) is 3.02. The fraction of sp³-hybridized carbons (Fsp3) is 0.643. The monoisotopic (exact) mass is 247 g/mol. The van der Waals surface area contributed by atoms with Crippen LogP contribution >= 0.6 is 11.3 Å². The Kier molecular flexibility index (Phi) is 2.53. The summed E-state index contributed by atoms with van der Waals surface area (Å²) in [6, 6.07) is 4.51. The van der Waals surface area contributed by atoms with Crippen LogP contribution in [0, 0.1) is 35.5 Å². The van der Waals surface area contributed by atoms with Crippen LogP contribution in [-0.2, 0) is 0 Å². The number of nitrogens with zero attached hydrogens (tertiary/aromatic N) is 1. The Balaban J connectivity index is 1.97. The van der Waals surface area contributed by atoms with Gasteiger partial charge in [-0.2, -0.15) is 5.26 Å². The highest BCUT2D eigenvalue weighted by Gasteiger charge is 2.56. The van der Waals surface area contributed by atoms with E-state index < -0.39 is 11.5 Å². The number of aliphatic hydroxyl groups is 1. The van der Waals surface area contributed by atoms with Crippen molar-refractivity contribution in [2.75, 3.05) is 0 Å². The highest BCUT2D eigenvalue weighted by molar-refractivity contribution is 7.10. The Bertz CT molecular complexity index is 475. The molecule has 1 heterocycles. The molecule has 1 aromatic rings. The summed E-state index contributed by atoms with van der Waals surface area (Å²) >= 11 is 1.58. The molecule has 0 aliphatic heterocycles. The highest BCUT2D eigenvalue weighted by atomic mass is 32.1. The van der Waals surface area contributed by atoms with E-state index in [1.807, 2.05) is 18.4 Å². The number of nitriles is 1. The van der Waals surface area contributed by atoms with E-state index in [0.29, 0.717) is 11.8 Å². The van der Waals surface area contributed by atoms with Crippen molar-refractivity contribution in [3.63, 3.8) is 0 Å². The molecule has 90 valence electrons. The first kappa shape index (κ1) is 11.3. The fourth-order valence-electron chi connectivity index (χ4n) is 3.80. The molecule has 17 heavy (non-hydrogen) atoms. The standard InChI is InChI=1S/C14H17NOS/c1-9-4-5-17-12(9)13(16)14(8-15)7-10-2-3-11(14)6-10/h4-5,10-11,13,16H,2-3,6-7H2,1H3. The topological polar surface area (TPSA) is 44.0 Å². The molecule has 0 saturated heterocycles. The molecule has 1 N–H and O–H groups in total. The summed E-state index contributed by atoms with van der Waals surface area (Å²) < 4.78 is 0. The minimum absolute atomic E-state index is 0.411. The molecule has 2 nitrogen and oxygen atoms in total. The summed E-state index contributed by atoms with van der Waals surface area (Å²) in [5, 5.41) is 22.2. The fourth-order valence-corrected chi connectivity index (χ4v) is 4.82. The van der Waals surface area contributed by atoms with Gasteiger partial charge in [0.1, 0.15) is 6.10 Å². The lowest BCUT2D eigenvalue weighted by Crippen LogP contribution is -2.33. The molecule has 2 saturated carbocycles. The number of aliphatic hydroxyl groups excluding tert-OH is 1. The van der Waals surface area contributed by atoms with Crippen LogP contribution in [0.15, 0.2) is 11.4 Å². The van der Waals surface area contributed by atoms with Gasteiger partial charge in [0, 0.05) is 4.88 Å². The second-order valence-electron chi connectivity index (χ2n) is 5.60. The van der Waals surface area contributed by atoms with Gasteiger partial charge in [0.15, 0.2) is 0 Å². The number of aryl methyl sites for hydroxylation is 1. The lowest BCUT2D eigenvalue weighted by Gasteiger charge is -2.35. The largest absolute Gasteiger partial charge is 0.386 e. The van der Waals surface area contributed by atoms with Crippen LogP contribution < -0.4 is 0 Å². The van der Waals surface area contributed by atoms with Crippen molar-refractivity contribution in [2.45, 2.75) is 38.7 Å². The summed E-state index contributed by atoms with van der Waals surface area (Å²) in [4.78, 5) is 0.999. The number of hydrogen-bond donors (Lipinski definition) is 1. The predicted molar refractivity (Wildman–Crippen MR) is 67.5 cm³/mol.